The molecule has 0 amide bonds. The van der Waals surface area contributed by atoms with Crippen LogP contribution in [0.4, 0.5) is 13.2 Å². The summed E-state index contributed by atoms with van der Waals surface area (Å²) in [6, 6.07) is 6.51. The lowest BCUT2D eigenvalue weighted by Crippen LogP contribution is -2.10. The number of halogens is 3. The summed E-state index contributed by atoms with van der Waals surface area (Å²) in [4.78, 5) is 0.232. The Morgan fingerprint density at radius 1 is 0.933 bits per heavy atom. The zero-order chi connectivity index (χ0) is 11.7. The molecule has 0 unspecified atom stereocenters. The van der Waals surface area contributed by atoms with E-state index in [-0.39, 0.29) is 22.1 Å². The SMILES string of the molecule is CC(C)(C)c1ccc(SC(F)(F)F)cc1. The van der Waals surface area contributed by atoms with Crippen LogP contribution in [0.25, 0.3) is 0 Å². The zero-order valence-electron chi connectivity index (χ0n) is 8.85. The number of rotatable bonds is 1. The van der Waals surface area contributed by atoms with Crippen LogP contribution in [0, 0.1) is 0 Å². The summed E-state index contributed by atoms with van der Waals surface area (Å²) in [5.41, 5.74) is -3.20. The van der Waals surface area contributed by atoms with Crippen molar-refractivity contribution in [1.29, 1.82) is 0 Å². The fourth-order valence-electron chi connectivity index (χ4n) is 1.16. The second-order valence-corrected chi connectivity index (χ2v) is 5.46. The summed E-state index contributed by atoms with van der Waals surface area (Å²) >= 11 is -0.0799. The van der Waals surface area contributed by atoms with Crippen molar-refractivity contribution in [3.8, 4) is 0 Å². The summed E-state index contributed by atoms with van der Waals surface area (Å²) in [6.07, 6.45) is 0. The molecule has 0 aromatic heterocycles. The second kappa shape index (κ2) is 4.08. The lowest BCUT2D eigenvalue weighted by Gasteiger charge is -2.19. The standard InChI is InChI=1S/C11H13F3S/c1-10(2,3)8-4-6-9(7-5-8)15-11(12,13)14/h4-7H,1-3H3. The van der Waals surface area contributed by atoms with Gasteiger partial charge in [-0.1, -0.05) is 32.9 Å². The van der Waals surface area contributed by atoms with Gasteiger partial charge >= 0.3 is 5.51 Å². The highest BCUT2D eigenvalue weighted by molar-refractivity contribution is 8.00. The van der Waals surface area contributed by atoms with E-state index in [0.717, 1.165) is 5.56 Å². The molecule has 1 aromatic carbocycles. The van der Waals surface area contributed by atoms with Crippen LogP contribution in [0.3, 0.4) is 0 Å². The average molecular weight is 234 g/mol. The highest BCUT2D eigenvalue weighted by Gasteiger charge is 2.29. The van der Waals surface area contributed by atoms with Crippen molar-refractivity contribution < 1.29 is 13.2 Å². The van der Waals surface area contributed by atoms with E-state index in [4.69, 9.17) is 0 Å². The minimum Gasteiger partial charge on any atom is -0.160 e. The molecule has 0 aliphatic rings. The van der Waals surface area contributed by atoms with Gasteiger partial charge in [-0.15, -0.1) is 0 Å². The van der Waals surface area contributed by atoms with E-state index in [0.29, 0.717) is 0 Å². The molecule has 0 N–H and O–H groups in total. The molecule has 0 radical (unpaired) electrons. The molecule has 0 heterocycles. The predicted octanol–water partition coefficient (Wildman–Crippen LogP) is 4.60. The van der Waals surface area contributed by atoms with Crippen LogP contribution in [0.2, 0.25) is 0 Å². The van der Waals surface area contributed by atoms with Crippen molar-refractivity contribution in [1.82, 2.24) is 0 Å². The molecule has 0 bridgehead atoms. The first-order valence-corrected chi connectivity index (χ1v) is 5.36. The van der Waals surface area contributed by atoms with Gasteiger partial charge in [-0.05, 0) is 34.9 Å². The smallest absolute Gasteiger partial charge is 0.160 e. The fourth-order valence-corrected chi connectivity index (χ4v) is 1.70. The Labute approximate surface area is 91.9 Å². The van der Waals surface area contributed by atoms with E-state index < -0.39 is 5.51 Å². The predicted molar refractivity (Wildman–Crippen MR) is 57.1 cm³/mol. The molecule has 0 atom stereocenters. The van der Waals surface area contributed by atoms with Crippen LogP contribution in [-0.2, 0) is 5.41 Å². The van der Waals surface area contributed by atoms with Crippen LogP contribution in [0.1, 0.15) is 26.3 Å². The minimum atomic E-state index is -4.21. The maximum atomic E-state index is 12.0. The van der Waals surface area contributed by atoms with Crippen molar-refractivity contribution in [3.05, 3.63) is 29.8 Å². The quantitative estimate of drug-likeness (QED) is 0.640. The normalized spacial score (nSPS) is 12.9. The first-order valence-electron chi connectivity index (χ1n) is 4.55. The summed E-state index contributed by atoms with van der Waals surface area (Å²) in [5.74, 6) is 0. The molecule has 0 nitrogen and oxygen atoms in total. The second-order valence-electron chi connectivity index (χ2n) is 4.32. The number of hydrogen-bond acceptors (Lipinski definition) is 1. The van der Waals surface area contributed by atoms with Crippen molar-refractivity contribution in [3.63, 3.8) is 0 Å². The molecular weight excluding hydrogens is 221 g/mol. The van der Waals surface area contributed by atoms with Crippen molar-refractivity contribution in [2.45, 2.75) is 36.6 Å². The van der Waals surface area contributed by atoms with Gasteiger partial charge < -0.3 is 0 Å². The topological polar surface area (TPSA) is 0 Å². The molecular formula is C11H13F3S. The fraction of sp³-hybridized carbons (Fsp3) is 0.455. The van der Waals surface area contributed by atoms with E-state index in [2.05, 4.69) is 0 Å². The van der Waals surface area contributed by atoms with Crippen molar-refractivity contribution >= 4 is 11.8 Å². The summed E-state index contributed by atoms with van der Waals surface area (Å²) in [7, 11) is 0. The average Bonchev–Trinajstić information content (AvgIpc) is 2.00. The van der Waals surface area contributed by atoms with Crippen LogP contribution >= 0.6 is 11.8 Å². The van der Waals surface area contributed by atoms with Crippen LogP contribution < -0.4 is 0 Å². The Bertz CT molecular complexity index is 319. The third kappa shape index (κ3) is 4.16. The Morgan fingerprint density at radius 3 is 1.73 bits per heavy atom. The van der Waals surface area contributed by atoms with Gasteiger partial charge in [0.25, 0.3) is 0 Å². The van der Waals surface area contributed by atoms with Gasteiger partial charge in [0.1, 0.15) is 0 Å². The number of alkyl halides is 3. The number of benzene rings is 1. The Hall–Kier alpha value is -0.640. The Morgan fingerprint density at radius 2 is 1.40 bits per heavy atom. The lowest BCUT2D eigenvalue weighted by molar-refractivity contribution is -0.0328. The molecule has 0 saturated carbocycles. The van der Waals surface area contributed by atoms with E-state index in [1.165, 1.54) is 12.1 Å². The zero-order valence-corrected chi connectivity index (χ0v) is 9.67. The molecule has 1 aromatic rings. The van der Waals surface area contributed by atoms with Crippen LogP contribution in [0.15, 0.2) is 29.2 Å². The molecule has 0 aliphatic carbocycles. The monoisotopic (exact) mass is 234 g/mol. The van der Waals surface area contributed by atoms with Gasteiger partial charge in [-0.2, -0.15) is 13.2 Å². The molecule has 0 aliphatic heterocycles. The third-order valence-corrected chi connectivity index (χ3v) is 2.69. The van der Waals surface area contributed by atoms with Crippen LogP contribution in [0.5, 0.6) is 0 Å². The van der Waals surface area contributed by atoms with Crippen LogP contribution in [-0.4, -0.2) is 5.51 Å². The summed E-state index contributed by atoms with van der Waals surface area (Å²) in [6.45, 7) is 6.08. The molecule has 0 saturated heterocycles. The first-order chi connectivity index (χ1) is 6.68. The molecule has 4 heteroatoms. The molecule has 0 spiro atoms. The molecule has 15 heavy (non-hydrogen) atoms. The lowest BCUT2D eigenvalue weighted by atomic mass is 9.87. The number of thioether (sulfide) groups is 1. The van der Waals surface area contributed by atoms with Gasteiger partial charge in [-0.25, -0.2) is 0 Å². The van der Waals surface area contributed by atoms with Gasteiger partial charge in [0.15, 0.2) is 0 Å². The highest BCUT2D eigenvalue weighted by Crippen LogP contribution is 2.37. The highest BCUT2D eigenvalue weighted by atomic mass is 32.2. The molecule has 84 valence electrons. The first kappa shape index (κ1) is 12.4. The molecule has 0 fully saturated rings. The third-order valence-electron chi connectivity index (χ3n) is 1.95. The summed E-state index contributed by atoms with van der Waals surface area (Å²) < 4.78 is 36.1. The summed E-state index contributed by atoms with van der Waals surface area (Å²) in [5, 5.41) is 0. The largest absolute Gasteiger partial charge is 0.446 e. The maximum Gasteiger partial charge on any atom is 0.446 e. The van der Waals surface area contributed by atoms with Crippen molar-refractivity contribution in [2.24, 2.45) is 0 Å². The van der Waals surface area contributed by atoms with Gasteiger partial charge in [0, 0.05) is 4.90 Å². The van der Waals surface area contributed by atoms with E-state index in [1.807, 2.05) is 20.8 Å². The number of hydrogen-bond donors (Lipinski definition) is 0. The van der Waals surface area contributed by atoms with E-state index in [9.17, 15) is 13.2 Å². The van der Waals surface area contributed by atoms with E-state index in [1.54, 1.807) is 12.1 Å². The van der Waals surface area contributed by atoms with Gasteiger partial charge in [-0.3, -0.25) is 0 Å². The van der Waals surface area contributed by atoms with E-state index >= 15 is 0 Å². The minimum absolute atomic E-state index is 0.0264. The van der Waals surface area contributed by atoms with Gasteiger partial charge in [0.05, 0.1) is 0 Å². The maximum absolute atomic E-state index is 12.0. The Kier molecular flexibility index (Phi) is 3.38. The Balaban J connectivity index is 2.82. The van der Waals surface area contributed by atoms with Gasteiger partial charge in [0.2, 0.25) is 0 Å². The molecule has 1 rings (SSSR count). The van der Waals surface area contributed by atoms with Crippen molar-refractivity contribution in [2.75, 3.05) is 0 Å².